The van der Waals surface area contributed by atoms with Gasteiger partial charge in [-0.3, -0.25) is 0 Å². The van der Waals surface area contributed by atoms with Gasteiger partial charge in [-0.25, -0.2) is 0 Å². The van der Waals surface area contributed by atoms with Crippen molar-refractivity contribution >= 4 is 8.38 Å². The predicted molar refractivity (Wildman–Crippen MR) is 39.1 cm³/mol. The average Bonchev–Trinajstić information content (AvgIpc) is 2.08. The molecule has 0 aliphatic carbocycles. The highest BCUT2D eigenvalue weighted by Gasteiger charge is 2.43. The molecular formula is C5H11O6P. The van der Waals surface area contributed by atoms with Gasteiger partial charge in [0.25, 0.3) is 0 Å². The van der Waals surface area contributed by atoms with Crippen LogP contribution in [0.4, 0.5) is 0 Å². The third-order valence-corrected chi connectivity index (χ3v) is 2.93. The summed E-state index contributed by atoms with van der Waals surface area (Å²) in [6.45, 7) is -0.510. The summed E-state index contributed by atoms with van der Waals surface area (Å²) in [5, 5.41) is 35.8. The zero-order valence-corrected chi connectivity index (χ0v) is 7.00. The van der Waals surface area contributed by atoms with Gasteiger partial charge in [0.15, 0.2) is 5.85 Å². The van der Waals surface area contributed by atoms with Crippen molar-refractivity contribution in [3.63, 3.8) is 0 Å². The second-order valence-corrected chi connectivity index (χ2v) is 3.87. The number of rotatable bonds is 1. The Kier molecular flexibility index (Phi) is 3.37. The lowest BCUT2D eigenvalue weighted by molar-refractivity contribution is -0.114. The second kappa shape index (κ2) is 3.93. The minimum atomic E-state index is -2.18. The molecule has 1 saturated heterocycles. The molecule has 1 heterocycles. The predicted octanol–water partition coefficient (Wildman–Crippen LogP) is -2.28. The zero-order chi connectivity index (χ0) is 9.30. The molecule has 1 rings (SSSR count). The highest BCUT2D eigenvalue weighted by Crippen LogP contribution is 2.44. The van der Waals surface area contributed by atoms with Crippen LogP contribution >= 0.6 is 8.38 Å². The molecule has 0 aromatic heterocycles. The molecule has 5 N–H and O–H groups in total. The van der Waals surface area contributed by atoms with Gasteiger partial charge in [0.2, 0.25) is 8.38 Å². The third-order valence-electron chi connectivity index (χ3n) is 1.69. The number of hydrogen-bond donors (Lipinski definition) is 5. The van der Waals surface area contributed by atoms with Gasteiger partial charge >= 0.3 is 0 Å². The van der Waals surface area contributed by atoms with Gasteiger partial charge in [0.05, 0.1) is 6.61 Å². The van der Waals surface area contributed by atoms with Crippen LogP contribution < -0.4 is 0 Å². The Bertz CT molecular complexity index is 150. The molecule has 1 fully saturated rings. The fourth-order valence-corrected chi connectivity index (χ4v) is 1.96. The van der Waals surface area contributed by atoms with E-state index in [2.05, 4.69) is 4.52 Å². The first-order valence-electron chi connectivity index (χ1n) is 3.38. The fourth-order valence-electron chi connectivity index (χ4n) is 0.932. The van der Waals surface area contributed by atoms with Crippen LogP contribution in [0.2, 0.25) is 0 Å². The quantitative estimate of drug-likeness (QED) is 0.304. The van der Waals surface area contributed by atoms with Crippen molar-refractivity contribution in [3.8, 4) is 0 Å². The molecule has 6 nitrogen and oxygen atoms in total. The molecule has 5 unspecified atom stereocenters. The van der Waals surface area contributed by atoms with Crippen LogP contribution in [0.3, 0.4) is 0 Å². The first-order chi connectivity index (χ1) is 5.57. The third kappa shape index (κ3) is 1.75. The van der Waals surface area contributed by atoms with Gasteiger partial charge < -0.3 is 29.8 Å². The number of aliphatic hydroxyl groups excluding tert-OH is 4. The lowest BCUT2D eigenvalue weighted by Crippen LogP contribution is -2.50. The molecule has 0 aromatic rings. The maximum atomic E-state index is 9.13. The van der Waals surface area contributed by atoms with E-state index < -0.39 is 39.1 Å². The summed E-state index contributed by atoms with van der Waals surface area (Å²) in [5.41, 5.74) is 0. The molecule has 5 atom stereocenters. The van der Waals surface area contributed by atoms with Crippen LogP contribution in [-0.4, -0.2) is 56.1 Å². The molecule has 1 aliphatic rings. The molecular weight excluding hydrogens is 187 g/mol. The summed E-state index contributed by atoms with van der Waals surface area (Å²) in [4.78, 5) is 8.98. The smallest absolute Gasteiger partial charge is 0.201 e. The van der Waals surface area contributed by atoms with Gasteiger partial charge in [-0.2, -0.15) is 0 Å². The Balaban J connectivity index is 2.63. The Labute approximate surface area is 70.0 Å². The van der Waals surface area contributed by atoms with E-state index in [1.54, 1.807) is 0 Å². The molecule has 0 amide bonds. The summed E-state index contributed by atoms with van der Waals surface area (Å²) in [5.74, 6) is -1.47. The maximum absolute atomic E-state index is 9.13. The molecule has 0 aromatic carbocycles. The van der Waals surface area contributed by atoms with Gasteiger partial charge in [0, 0.05) is 0 Å². The van der Waals surface area contributed by atoms with Crippen molar-refractivity contribution in [2.75, 3.05) is 6.61 Å². The molecule has 0 bridgehead atoms. The highest BCUT2D eigenvalue weighted by atomic mass is 31.2. The largest absolute Gasteiger partial charge is 0.394 e. The van der Waals surface area contributed by atoms with Gasteiger partial charge in [0.1, 0.15) is 18.3 Å². The maximum Gasteiger partial charge on any atom is 0.201 e. The summed E-state index contributed by atoms with van der Waals surface area (Å²) < 4.78 is 4.64. The Morgan fingerprint density at radius 3 is 2.25 bits per heavy atom. The number of aliphatic hydroxyl groups is 4. The van der Waals surface area contributed by atoms with Crippen LogP contribution in [0, 0.1) is 0 Å². The van der Waals surface area contributed by atoms with Crippen LogP contribution in [-0.2, 0) is 4.52 Å². The van der Waals surface area contributed by atoms with Crippen LogP contribution in [0.5, 0.6) is 0 Å². The molecule has 0 spiro atoms. The summed E-state index contributed by atoms with van der Waals surface area (Å²) >= 11 is 0. The van der Waals surface area contributed by atoms with Gasteiger partial charge in [-0.05, 0) is 0 Å². The SMILES string of the molecule is OCC1OP(O)C(O)C(O)C1O. The molecule has 0 radical (unpaired) electrons. The van der Waals surface area contributed by atoms with E-state index in [-0.39, 0.29) is 0 Å². The van der Waals surface area contributed by atoms with Crippen molar-refractivity contribution < 1.29 is 29.8 Å². The molecule has 72 valence electrons. The van der Waals surface area contributed by atoms with Crippen molar-refractivity contribution in [1.29, 1.82) is 0 Å². The second-order valence-electron chi connectivity index (χ2n) is 2.52. The molecule has 0 saturated carbocycles. The topological polar surface area (TPSA) is 110 Å². The molecule has 1 aliphatic heterocycles. The van der Waals surface area contributed by atoms with Crippen LogP contribution in [0.15, 0.2) is 0 Å². The average molecular weight is 198 g/mol. The van der Waals surface area contributed by atoms with Gasteiger partial charge in [-0.1, -0.05) is 0 Å². The summed E-state index contributed by atoms with van der Waals surface area (Å²) in [6, 6.07) is 0. The minimum absolute atomic E-state index is 0.510. The van der Waals surface area contributed by atoms with E-state index in [0.29, 0.717) is 0 Å². The Hall–Kier alpha value is 0.190. The monoisotopic (exact) mass is 198 g/mol. The van der Waals surface area contributed by atoms with E-state index in [9.17, 15) is 0 Å². The van der Waals surface area contributed by atoms with Crippen LogP contribution in [0.25, 0.3) is 0 Å². The van der Waals surface area contributed by atoms with E-state index >= 15 is 0 Å². The standard InChI is InChI=1S/C5H11O6P/c6-1-2-3(7)4(8)5(9)12(10)11-2/h2-10H,1H2. The van der Waals surface area contributed by atoms with Crippen molar-refractivity contribution in [1.82, 2.24) is 0 Å². The highest BCUT2D eigenvalue weighted by molar-refractivity contribution is 7.46. The van der Waals surface area contributed by atoms with E-state index in [1.165, 1.54) is 0 Å². The summed E-state index contributed by atoms with van der Waals surface area (Å²) in [7, 11) is -2.18. The molecule has 7 heteroatoms. The van der Waals surface area contributed by atoms with Crippen LogP contribution in [0.1, 0.15) is 0 Å². The minimum Gasteiger partial charge on any atom is -0.394 e. The first kappa shape index (κ1) is 10.3. The normalized spacial score (nSPS) is 49.2. The fraction of sp³-hybridized carbons (Fsp3) is 1.00. The lowest BCUT2D eigenvalue weighted by Gasteiger charge is -2.36. The summed E-state index contributed by atoms with van der Waals surface area (Å²) in [6.07, 6.45) is -3.86. The lowest BCUT2D eigenvalue weighted by atomic mass is 10.1. The molecule has 12 heavy (non-hydrogen) atoms. The first-order valence-corrected chi connectivity index (χ1v) is 4.66. The van der Waals surface area contributed by atoms with Crippen molar-refractivity contribution in [2.24, 2.45) is 0 Å². The zero-order valence-electron chi connectivity index (χ0n) is 6.11. The number of hydrogen-bond acceptors (Lipinski definition) is 6. The Morgan fingerprint density at radius 2 is 1.75 bits per heavy atom. The Morgan fingerprint density at radius 1 is 1.17 bits per heavy atom. The van der Waals surface area contributed by atoms with E-state index in [4.69, 9.17) is 25.3 Å². The van der Waals surface area contributed by atoms with E-state index in [1.807, 2.05) is 0 Å². The van der Waals surface area contributed by atoms with Gasteiger partial charge in [-0.15, -0.1) is 0 Å². The van der Waals surface area contributed by atoms with E-state index in [0.717, 1.165) is 0 Å². The van der Waals surface area contributed by atoms with Crippen molar-refractivity contribution in [2.45, 2.75) is 24.2 Å². The van der Waals surface area contributed by atoms with Crippen molar-refractivity contribution in [3.05, 3.63) is 0 Å².